The van der Waals surface area contributed by atoms with Gasteiger partial charge in [0.05, 0.1) is 16.9 Å². The molecule has 0 spiro atoms. The quantitative estimate of drug-likeness (QED) is 0.659. The second-order valence-corrected chi connectivity index (χ2v) is 7.19. The Balaban J connectivity index is 1.66. The van der Waals surface area contributed by atoms with Gasteiger partial charge in [-0.25, -0.2) is 9.48 Å². The molecule has 1 atom stereocenters. The molecule has 0 saturated carbocycles. The maximum absolute atomic E-state index is 12.5. The van der Waals surface area contributed by atoms with Gasteiger partial charge in [0, 0.05) is 11.4 Å². The number of esters is 1. The van der Waals surface area contributed by atoms with E-state index in [0.717, 1.165) is 33.9 Å². The minimum absolute atomic E-state index is 0.366. The SMILES string of the molecule is Cc1cc(C)n(-c2ccc(C(=O)OC(C)C(=O)Nc3c(C)cccc3C)cc2)n1. The zero-order valence-electron chi connectivity index (χ0n) is 17.3. The number of aryl methyl sites for hydroxylation is 4. The summed E-state index contributed by atoms with van der Waals surface area (Å²) in [6, 6.07) is 14.7. The van der Waals surface area contributed by atoms with Crippen molar-refractivity contribution in [1.82, 2.24) is 9.78 Å². The van der Waals surface area contributed by atoms with Crippen LogP contribution in [0.15, 0.2) is 48.5 Å². The zero-order chi connectivity index (χ0) is 21.1. The molecule has 6 heteroatoms. The lowest BCUT2D eigenvalue weighted by atomic mass is 10.1. The molecule has 0 fully saturated rings. The van der Waals surface area contributed by atoms with Gasteiger partial charge in [0.15, 0.2) is 6.10 Å². The Hall–Kier alpha value is -3.41. The fourth-order valence-electron chi connectivity index (χ4n) is 3.15. The Morgan fingerprint density at radius 2 is 1.62 bits per heavy atom. The fourth-order valence-corrected chi connectivity index (χ4v) is 3.15. The van der Waals surface area contributed by atoms with Crippen LogP contribution in [-0.2, 0) is 9.53 Å². The Morgan fingerprint density at radius 1 is 1.00 bits per heavy atom. The van der Waals surface area contributed by atoms with E-state index in [1.807, 2.05) is 56.6 Å². The first kappa shape index (κ1) is 20.3. The normalized spacial score (nSPS) is 11.8. The number of benzene rings is 2. The molecule has 1 heterocycles. The van der Waals surface area contributed by atoms with Gasteiger partial charge < -0.3 is 10.1 Å². The summed E-state index contributed by atoms with van der Waals surface area (Å²) in [6.45, 7) is 9.30. The largest absolute Gasteiger partial charge is 0.449 e. The first-order chi connectivity index (χ1) is 13.8. The van der Waals surface area contributed by atoms with Gasteiger partial charge in [0.25, 0.3) is 5.91 Å². The third-order valence-electron chi connectivity index (χ3n) is 4.74. The van der Waals surface area contributed by atoms with Crippen molar-refractivity contribution in [2.75, 3.05) is 5.32 Å². The number of nitrogens with zero attached hydrogens (tertiary/aromatic N) is 2. The highest BCUT2D eigenvalue weighted by Crippen LogP contribution is 2.20. The zero-order valence-corrected chi connectivity index (χ0v) is 17.3. The minimum Gasteiger partial charge on any atom is -0.449 e. The monoisotopic (exact) mass is 391 g/mol. The molecule has 3 aromatic rings. The van der Waals surface area contributed by atoms with Crippen LogP contribution >= 0.6 is 0 Å². The number of carbonyl (C=O) groups is 2. The van der Waals surface area contributed by atoms with Crippen molar-refractivity contribution in [3.8, 4) is 5.69 Å². The molecule has 0 aliphatic heterocycles. The second kappa shape index (κ2) is 8.31. The van der Waals surface area contributed by atoms with Crippen molar-refractivity contribution in [3.63, 3.8) is 0 Å². The van der Waals surface area contributed by atoms with Crippen molar-refractivity contribution in [2.45, 2.75) is 40.7 Å². The van der Waals surface area contributed by atoms with Gasteiger partial charge in [-0.3, -0.25) is 4.79 Å². The van der Waals surface area contributed by atoms with E-state index in [0.29, 0.717) is 5.56 Å². The van der Waals surface area contributed by atoms with Crippen LogP contribution in [0.25, 0.3) is 5.69 Å². The Kier molecular flexibility index (Phi) is 5.82. The van der Waals surface area contributed by atoms with Crippen LogP contribution in [0.4, 0.5) is 5.69 Å². The molecule has 0 aliphatic carbocycles. The van der Waals surface area contributed by atoms with Crippen LogP contribution in [0.5, 0.6) is 0 Å². The summed E-state index contributed by atoms with van der Waals surface area (Å²) in [4.78, 5) is 24.9. The van der Waals surface area contributed by atoms with Crippen LogP contribution in [0.2, 0.25) is 0 Å². The highest BCUT2D eigenvalue weighted by atomic mass is 16.5. The number of rotatable bonds is 5. The molecule has 150 valence electrons. The van der Waals surface area contributed by atoms with Crippen molar-refractivity contribution in [3.05, 3.63) is 76.6 Å². The molecule has 1 N–H and O–H groups in total. The smallest absolute Gasteiger partial charge is 0.338 e. The van der Waals surface area contributed by atoms with E-state index in [2.05, 4.69) is 10.4 Å². The maximum atomic E-state index is 12.5. The number of para-hydroxylation sites is 1. The minimum atomic E-state index is -0.919. The standard InChI is InChI=1S/C23H25N3O3/c1-14-7-6-8-15(2)21(14)24-22(27)18(5)29-23(28)19-9-11-20(12-10-19)26-17(4)13-16(3)25-26/h6-13,18H,1-5H3,(H,24,27). The maximum Gasteiger partial charge on any atom is 0.338 e. The number of ether oxygens (including phenoxy) is 1. The highest BCUT2D eigenvalue weighted by Gasteiger charge is 2.20. The predicted octanol–water partition coefficient (Wildman–Crippen LogP) is 4.29. The topological polar surface area (TPSA) is 73.2 Å². The number of carbonyl (C=O) groups excluding carboxylic acids is 2. The van der Waals surface area contributed by atoms with Crippen LogP contribution in [0.3, 0.4) is 0 Å². The molecule has 1 aromatic heterocycles. The van der Waals surface area contributed by atoms with Crippen LogP contribution < -0.4 is 5.32 Å². The number of hydrogen-bond donors (Lipinski definition) is 1. The van der Waals surface area contributed by atoms with Gasteiger partial charge in [-0.05, 0) is 76.1 Å². The molecule has 2 aromatic carbocycles. The summed E-state index contributed by atoms with van der Waals surface area (Å²) >= 11 is 0. The fraction of sp³-hybridized carbons (Fsp3) is 0.261. The highest BCUT2D eigenvalue weighted by molar-refractivity contribution is 5.98. The summed E-state index contributed by atoms with van der Waals surface area (Å²) in [7, 11) is 0. The Bertz CT molecular complexity index is 1030. The van der Waals surface area contributed by atoms with Crippen LogP contribution in [-0.4, -0.2) is 27.8 Å². The van der Waals surface area contributed by atoms with Gasteiger partial charge in [-0.1, -0.05) is 18.2 Å². The molecule has 0 aliphatic rings. The van der Waals surface area contributed by atoms with E-state index in [1.54, 1.807) is 31.2 Å². The summed E-state index contributed by atoms with van der Waals surface area (Å²) in [5, 5.41) is 7.27. The average molecular weight is 391 g/mol. The summed E-state index contributed by atoms with van der Waals surface area (Å²) < 4.78 is 7.16. The van der Waals surface area contributed by atoms with Gasteiger partial charge in [0.2, 0.25) is 0 Å². The van der Waals surface area contributed by atoms with Gasteiger partial charge in [-0.15, -0.1) is 0 Å². The molecular weight excluding hydrogens is 366 g/mol. The molecule has 3 rings (SSSR count). The molecule has 1 amide bonds. The van der Waals surface area contributed by atoms with Crippen molar-refractivity contribution < 1.29 is 14.3 Å². The first-order valence-corrected chi connectivity index (χ1v) is 9.48. The molecular formula is C23H25N3O3. The lowest BCUT2D eigenvalue weighted by Gasteiger charge is -2.16. The molecule has 0 radical (unpaired) electrons. The van der Waals surface area contributed by atoms with Gasteiger partial charge >= 0.3 is 5.97 Å². The van der Waals surface area contributed by atoms with E-state index in [-0.39, 0.29) is 5.91 Å². The molecule has 29 heavy (non-hydrogen) atoms. The summed E-state index contributed by atoms with van der Waals surface area (Å²) in [5.74, 6) is -0.913. The summed E-state index contributed by atoms with van der Waals surface area (Å²) in [6.07, 6.45) is -0.919. The molecule has 0 saturated heterocycles. The third kappa shape index (κ3) is 4.54. The Morgan fingerprint density at radius 3 is 2.17 bits per heavy atom. The number of anilines is 1. The summed E-state index contributed by atoms with van der Waals surface area (Å²) in [5.41, 5.74) is 5.82. The second-order valence-electron chi connectivity index (χ2n) is 7.19. The molecule has 6 nitrogen and oxygen atoms in total. The molecule has 1 unspecified atom stereocenters. The lowest BCUT2D eigenvalue weighted by Crippen LogP contribution is -2.30. The molecule has 0 bridgehead atoms. The first-order valence-electron chi connectivity index (χ1n) is 9.48. The number of nitrogens with one attached hydrogen (secondary N) is 1. The average Bonchev–Trinajstić information content (AvgIpc) is 3.02. The van der Waals surface area contributed by atoms with E-state index in [9.17, 15) is 9.59 Å². The third-order valence-corrected chi connectivity index (χ3v) is 4.74. The Labute approximate surface area is 170 Å². The number of aromatic nitrogens is 2. The van der Waals surface area contributed by atoms with Crippen LogP contribution in [0.1, 0.15) is 39.8 Å². The van der Waals surface area contributed by atoms with Crippen molar-refractivity contribution in [2.24, 2.45) is 0 Å². The number of amides is 1. The van der Waals surface area contributed by atoms with E-state index >= 15 is 0 Å². The van der Waals surface area contributed by atoms with Crippen molar-refractivity contribution in [1.29, 1.82) is 0 Å². The predicted molar refractivity (Wildman–Crippen MR) is 112 cm³/mol. The van der Waals surface area contributed by atoms with Gasteiger partial charge in [-0.2, -0.15) is 5.10 Å². The number of hydrogen-bond acceptors (Lipinski definition) is 4. The van der Waals surface area contributed by atoms with Crippen molar-refractivity contribution >= 4 is 17.6 Å². The van der Waals surface area contributed by atoms with E-state index < -0.39 is 12.1 Å². The van der Waals surface area contributed by atoms with E-state index in [1.165, 1.54) is 0 Å². The van der Waals surface area contributed by atoms with Gasteiger partial charge in [0.1, 0.15) is 0 Å². The van der Waals surface area contributed by atoms with E-state index in [4.69, 9.17) is 4.74 Å². The van der Waals surface area contributed by atoms with Crippen LogP contribution in [0, 0.1) is 27.7 Å². The lowest BCUT2D eigenvalue weighted by molar-refractivity contribution is -0.123.